The summed E-state index contributed by atoms with van der Waals surface area (Å²) in [5.74, 6) is 0.490. The lowest BCUT2D eigenvalue weighted by Crippen LogP contribution is -2.12. The number of benzene rings is 2. The molecule has 1 amide bonds. The monoisotopic (exact) mass is 329 g/mol. The number of nitrogens with one attached hydrogen (secondary N) is 1. The van der Waals surface area contributed by atoms with Crippen molar-refractivity contribution in [2.24, 2.45) is 0 Å². The Hall–Kier alpha value is -2.86. The van der Waals surface area contributed by atoms with Gasteiger partial charge in [0.15, 0.2) is 5.69 Å². The zero-order chi connectivity index (χ0) is 16.2. The van der Waals surface area contributed by atoms with Crippen LogP contribution in [0.5, 0.6) is 5.75 Å². The molecule has 0 aliphatic carbocycles. The first-order valence-corrected chi connectivity index (χ1v) is 7.09. The van der Waals surface area contributed by atoms with Crippen LogP contribution in [0.25, 0.3) is 11.3 Å². The molecule has 116 valence electrons. The second-order valence-corrected chi connectivity index (χ2v) is 5.09. The Balaban J connectivity index is 1.85. The highest BCUT2D eigenvalue weighted by atomic mass is 35.5. The number of hydrogen-bond acceptors (Lipinski definition) is 5. The highest BCUT2D eigenvalue weighted by Gasteiger charge is 2.16. The van der Waals surface area contributed by atoms with Crippen LogP contribution >= 0.6 is 11.6 Å². The van der Waals surface area contributed by atoms with Gasteiger partial charge >= 0.3 is 0 Å². The van der Waals surface area contributed by atoms with Gasteiger partial charge in [0, 0.05) is 16.1 Å². The van der Waals surface area contributed by atoms with Gasteiger partial charge in [0.05, 0.1) is 7.11 Å². The molecule has 1 heterocycles. The van der Waals surface area contributed by atoms with Crippen LogP contribution in [-0.2, 0) is 0 Å². The van der Waals surface area contributed by atoms with Crippen molar-refractivity contribution >= 4 is 23.3 Å². The lowest BCUT2D eigenvalue weighted by molar-refractivity contribution is 0.102. The van der Waals surface area contributed by atoms with Crippen LogP contribution in [0.1, 0.15) is 10.4 Å². The normalized spacial score (nSPS) is 10.3. The molecule has 6 nitrogen and oxygen atoms in total. The number of rotatable bonds is 4. The van der Waals surface area contributed by atoms with E-state index < -0.39 is 0 Å². The molecular formula is C16H12ClN3O3. The molecule has 0 bridgehead atoms. The summed E-state index contributed by atoms with van der Waals surface area (Å²) in [6.45, 7) is 0. The Bertz CT molecular complexity index is 831. The van der Waals surface area contributed by atoms with Crippen LogP contribution in [0.2, 0.25) is 5.02 Å². The predicted octanol–water partition coefficient (Wildman–Crippen LogP) is 3.65. The van der Waals surface area contributed by atoms with E-state index >= 15 is 0 Å². The summed E-state index contributed by atoms with van der Waals surface area (Å²) in [6.07, 6.45) is 0. The average Bonchev–Trinajstić information content (AvgIpc) is 3.03. The minimum Gasteiger partial charge on any atom is -0.497 e. The van der Waals surface area contributed by atoms with Crippen molar-refractivity contribution in [2.75, 3.05) is 12.4 Å². The van der Waals surface area contributed by atoms with Crippen molar-refractivity contribution < 1.29 is 14.2 Å². The van der Waals surface area contributed by atoms with Gasteiger partial charge in [-0.25, -0.2) is 4.63 Å². The van der Waals surface area contributed by atoms with Crippen molar-refractivity contribution in [1.82, 2.24) is 10.3 Å². The molecule has 3 aromatic rings. The molecule has 1 N–H and O–H groups in total. The van der Waals surface area contributed by atoms with Gasteiger partial charge in [-0.15, -0.1) is 0 Å². The fourth-order valence-electron chi connectivity index (χ4n) is 2.01. The smallest absolute Gasteiger partial charge is 0.257 e. The van der Waals surface area contributed by atoms with Gasteiger partial charge in [0.2, 0.25) is 5.82 Å². The minimum absolute atomic E-state index is 0.236. The van der Waals surface area contributed by atoms with Crippen molar-refractivity contribution in [1.29, 1.82) is 0 Å². The number of halogens is 1. The summed E-state index contributed by atoms with van der Waals surface area (Å²) < 4.78 is 9.85. The number of methoxy groups -OCH3 is 1. The molecule has 3 rings (SSSR count). The summed E-state index contributed by atoms with van der Waals surface area (Å²) in [7, 11) is 1.54. The number of aromatic nitrogens is 2. The molecule has 7 heteroatoms. The standard InChI is InChI=1S/C16H12ClN3O3/c1-22-13-4-2-3-11(9-13)16(21)18-15-14(19-23-20-15)10-5-7-12(17)8-6-10/h2-9H,1H3,(H,18,20,21). The second kappa shape index (κ2) is 6.50. The van der Waals surface area contributed by atoms with E-state index in [2.05, 4.69) is 15.6 Å². The largest absolute Gasteiger partial charge is 0.497 e. The number of anilines is 1. The summed E-state index contributed by atoms with van der Waals surface area (Å²) >= 11 is 5.86. The number of nitrogens with zero attached hydrogens (tertiary/aromatic N) is 2. The predicted molar refractivity (Wildman–Crippen MR) is 85.7 cm³/mol. The zero-order valence-corrected chi connectivity index (χ0v) is 12.9. The molecule has 0 saturated heterocycles. The number of hydrogen-bond donors (Lipinski definition) is 1. The van der Waals surface area contributed by atoms with E-state index in [0.29, 0.717) is 22.0 Å². The number of carbonyl (C=O) groups excluding carboxylic acids is 1. The molecule has 0 aliphatic rings. The first-order valence-electron chi connectivity index (χ1n) is 6.71. The zero-order valence-electron chi connectivity index (χ0n) is 12.1. The summed E-state index contributed by atoms with van der Waals surface area (Å²) in [6, 6.07) is 13.8. The number of carbonyl (C=O) groups is 1. The van der Waals surface area contributed by atoms with Crippen molar-refractivity contribution in [2.45, 2.75) is 0 Å². The van der Waals surface area contributed by atoms with Gasteiger partial charge in [-0.05, 0) is 40.6 Å². The van der Waals surface area contributed by atoms with E-state index in [0.717, 1.165) is 5.56 Å². The highest BCUT2D eigenvalue weighted by Crippen LogP contribution is 2.26. The van der Waals surface area contributed by atoms with Crippen molar-refractivity contribution in [3.63, 3.8) is 0 Å². The molecule has 0 aliphatic heterocycles. The van der Waals surface area contributed by atoms with Gasteiger partial charge in [0.25, 0.3) is 5.91 Å². The van der Waals surface area contributed by atoms with Crippen molar-refractivity contribution in [3.8, 4) is 17.0 Å². The quantitative estimate of drug-likeness (QED) is 0.790. The molecule has 0 saturated carbocycles. The Morgan fingerprint density at radius 2 is 1.96 bits per heavy atom. The Morgan fingerprint density at radius 1 is 1.17 bits per heavy atom. The SMILES string of the molecule is COc1cccc(C(=O)Nc2nonc2-c2ccc(Cl)cc2)c1. The lowest BCUT2D eigenvalue weighted by atomic mass is 10.1. The Kier molecular flexibility index (Phi) is 4.25. The molecule has 2 aromatic carbocycles. The van der Waals surface area contributed by atoms with E-state index in [1.165, 1.54) is 7.11 Å². The third kappa shape index (κ3) is 3.32. The maximum Gasteiger partial charge on any atom is 0.257 e. The molecule has 23 heavy (non-hydrogen) atoms. The van der Waals surface area contributed by atoms with Gasteiger partial charge in [-0.1, -0.05) is 29.8 Å². The molecule has 0 radical (unpaired) electrons. The lowest BCUT2D eigenvalue weighted by Gasteiger charge is -2.05. The number of amides is 1. The van der Waals surface area contributed by atoms with Crippen LogP contribution < -0.4 is 10.1 Å². The highest BCUT2D eigenvalue weighted by molar-refractivity contribution is 6.30. The summed E-state index contributed by atoms with van der Waals surface area (Å²) in [5, 5.41) is 10.8. The van der Waals surface area contributed by atoms with Gasteiger partial charge in [-0.3, -0.25) is 4.79 Å². The van der Waals surface area contributed by atoms with Gasteiger partial charge < -0.3 is 10.1 Å². The van der Waals surface area contributed by atoms with Crippen LogP contribution in [-0.4, -0.2) is 23.3 Å². The van der Waals surface area contributed by atoms with Crippen molar-refractivity contribution in [3.05, 3.63) is 59.1 Å². The summed E-state index contributed by atoms with van der Waals surface area (Å²) in [5.41, 5.74) is 1.60. The molecule has 0 fully saturated rings. The van der Waals surface area contributed by atoms with E-state index in [9.17, 15) is 4.79 Å². The fraction of sp³-hybridized carbons (Fsp3) is 0.0625. The van der Waals surface area contributed by atoms with Crippen LogP contribution in [0.15, 0.2) is 53.2 Å². The summed E-state index contributed by atoms with van der Waals surface area (Å²) in [4.78, 5) is 12.3. The van der Waals surface area contributed by atoms with E-state index in [1.807, 2.05) is 0 Å². The van der Waals surface area contributed by atoms with Gasteiger partial charge in [0.1, 0.15) is 5.75 Å². The second-order valence-electron chi connectivity index (χ2n) is 4.65. The molecule has 0 unspecified atom stereocenters. The fourth-order valence-corrected chi connectivity index (χ4v) is 2.14. The van der Waals surface area contributed by atoms with Crippen LogP contribution in [0, 0.1) is 0 Å². The first kappa shape index (κ1) is 15.1. The third-order valence-electron chi connectivity index (χ3n) is 3.17. The first-order chi connectivity index (χ1) is 11.2. The molecular weight excluding hydrogens is 318 g/mol. The molecule has 0 atom stereocenters. The van der Waals surface area contributed by atoms with E-state index in [4.69, 9.17) is 21.0 Å². The Morgan fingerprint density at radius 3 is 2.70 bits per heavy atom. The van der Waals surface area contributed by atoms with E-state index in [-0.39, 0.29) is 11.7 Å². The molecule has 0 spiro atoms. The molecule has 1 aromatic heterocycles. The average molecular weight is 330 g/mol. The topological polar surface area (TPSA) is 77.2 Å². The van der Waals surface area contributed by atoms with Gasteiger partial charge in [-0.2, -0.15) is 0 Å². The van der Waals surface area contributed by atoms with Crippen LogP contribution in [0.4, 0.5) is 5.82 Å². The van der Waals surface area contributed by atoms with E-state index in [1.54, 1.807) is 48.5 Å². The Labute approximate surface area is 137 Å². The maximum atomic E-state index is 12.3. The maximum absolute atomic E-state index is 12.3. The number of ether oxygens (including phenoxy) is 1. The van der Waals surface area contributed by atoms with Crippen LogP contribution in [0.3, 0.4) is 0 Å². The third-order valence-corrected chi connectivity index (χ3v) is 3.42. The minimum atomic E-state index is -0.338.